The van der Waals surface area contributed by atoms with Gasteiger partial charge in [0.05, 0.1) is 4.47 Å². The van der Waals surface area contributed by atoms with Gasteiger partial charge in [-0.15, -0.1) is 0 Å². The highest BCUT2D eigenvalue weighted by atomic mass is 79.9. The molecular formula is C11H11Br2N5O2. The van der Waals surface area contributed by atoms with Crippen LogP contribution in [0, 0.1) is 0 Å². The van der Waals surface area contributed by atoms with Crippen LogP contribution >= 0.6 is 31.9 Å². The molecule has 1 fully saturated rings. The van der Waals surface area contributed by atoms with Crippen LogP contribution in [-0.2, 0) is 5.85 Å². The molecule has 4 rings (SSSR count). The van der Waals surface area contributed by atoms with Gasteiger partial charge in [-0.25, -0.2) is 0 Å². The van der Waals surface area contributed by atoms with Crippen molar-refractivity contribution in [2.24, 2.45) is 10.7 Å². The normalized spacial score (nSPS) is 34.5. The zero-order chi connectivity index (χ0) is 14.3. The van der Waals surface area contributed by atoms with E-state index in [-0.39, 0.29) is 11.9 Å². The minimum Gasteiger partial charge on any atom is -0.370 e. The predicted octanol–water partition coefficient (Wildman–Crippen LogP) is 0.480. The highest BCUT2D eigenvalue weighted by molar-refractivity contribution is 9.13. The Hall–Kier alpha value is -1.06. The molecule has 0 bridgehead atoms. The van der Waals surface area contributed by atoms with Gasteiger partial charge in [0.1, 0.15) is 10.3 Å². The molecule has 0 aromatic carbocycles. The van der Waals surface area contributed by atoms with Crippen molar-refractivity contribution in [2.75, 3.05) is 6.54 Å². The van der Waals surface area contributed by atoms with E-state index in [1.165, 1.54) is 4.57 Å². The minimum atomic E-state index is -1.64. The summed E-state index contributed by atoms with van der Waals surface area (Å²) in [7, 11) is 0. The lowest BCUT2D eigenvalue weighted by atomic mass is 9.98. The third-order valence-electron chi connectivity index (χ3n) is 4.22. The van der Waals surface area contributed by atoms with Gasteiger partial charge in [-0.05, 0) is 50.8 Å². The lowest BCUT2D eigenvalue weighted by Crippen LogP contribution is -2.71. The second-order valence-corrected chi connectivity index (χ2v) is 6.79. The van der Waals surface area contributed by atoms with Gasteiger partial charge in [-0.2, -0.15) is 4.99 Å². The lowest BCUT2D eigenvalue weighted by Gasteiger charge is -2.48. The van der Waals surface area contributed by atoms with Gasteiger partial charge < -0.3 is 21.1 Å². The molecule has 1 amide bonds. The molecule has 3 aliphatic rings. The number of carbonyl (C=O) groups excluding carboxylic acids is 1. The first kappa shape index (κ1) is 12.7. The molecule has 7 nitrogen and oxygen atoms in total. The fraction of sp³-hybridized carbons (Fsp3) is 0.455. The summed E-state index contributed by atoms with van der Waals surface area (Å²) in [5.74, 6) is -1.64. The molecule has 4 N–H and O–H groups in total. The number of nitrogens with one attached hydrogen (secondary N) is 1. The fourth-order valence-electron chi connectivity index (χ4n) is 3.45. The first-order chi connectivity index (χ1) is 9.41. The molecule has 0 aliphatic carbocycles. The maximum Gasteiger partial charge on any atom is 0.288 e. The fourth-order valence-corrected chi connectivity index (χ4v) is 4.40. The Kier molecular flexibility index (Phi) is 2.26. The number of aliphatic imine (C=N–C) groups is 1. The molecule has 9 heteroatoms. The number of aliphatic hydroxyl groups is 1. The van der Waals surface area contributed by atoms with Crippen LogP contribution in [0.1, 0.15) is 23.3 Å². The van der Waals surface area contributed by atoms with Crippen molar-refractivity contribution in [2.45, 2.75) is 24.4 Å². The standard InChI is InChI=1S/C11H11Br2N5O2/c12-5-4-6-8(19)17-3-1-2-10(17)11(20,16-9(14)15-10)18(6)7(5)13/h4,20H,1-3H2,(H3,14,15,16)/t10-,11-/m0/s1. The van der Waals surface area contributed by atoms with Gasteiger partial charge in [0.15, 0.2) is 11.6 Å². The predicted molar refractivity (Wildman–Crippen MR) is 77.8 cm³/mol. The number of hydrogen-bond acceptors (Lipinski definition) is 5. The molecule has 1 aromatic rings. The summed E-state index contributed by atoms with van der Waals surface area (Å²) < 4.78 is 2.74. The van der Waals surface area contributed by atoms with Gasteiger partial charge in [-0.1, -0.05) is 0 Å². The van der Waals surface area contributed by atoms with E-state index in [9.17, 15) is 9.90 Å². The van der Waals surface area contributed by atoms with Gasteiger partial charge in [-0.3, -0.25) is 9.36 Å². The van der Waals surface area contributed by atoms with Gasteiger partial charge >= 0.3 is 0 Å². The Morgan fingerprint density at radius 3 is 3.00 bits per heavy atom. The lowest BCUT2D eigenvalue weighted by molar-refractivity contribution is -0.149. The van der Waals surface area contributed by atoms with Crippen molar-refractivity contribution >= 4 is 43.7 Å². The average Bonchev–Trinajstić information content (AvgIpc) is 2.98. The maximum atomic E-state index is 12.7. The topological polar surface area (TPSA) is 95.9 Å². The Labute approximate surface area is 131 Å². The van der Waals surface area contributed by atoms with Crippen molar-refractivity contribution in [1.29, 1.82) is 0 Å². The number of guanidine groups is 1. The quantitative estimate of drug-likeness (QED) is 0.586. The molecule has 3 aliphatic heterocycles. The second kappa shape index (κ2) is 3.58. The van der Waals surface area contributed by atoms with Gasteiger partial charge in [0.25, 0.3) is 11.8 Å². The molecule has 1 saturated heterocycles. The molecule has 106 valence electrons. The Bertz CT molecular complexity index is 687. The first-order valence-electron chi connectivity index (χ1n) is 6.16. The number of hydrogen-bond donors (Lipinski definition) is 3. The molecule has 0 unspecified atom stereocenters. The minimum absolute atomic E-state index is 0.136. The number of rotatable bonds is 0. The number of halogens is 2. The van der Waals surface area contributed by atoms with Crippen LogP contribution in [0.2, 0.25) is 0 Å². The zero-order valence-electron chi connectivity index (χ0n) is 10.2. The monoisotopic (exact) mass is 403 g/mol. The Morgan fingerprint density at radius 2 is 2.25 bits per heavy atom. The van der Waals surface area contributed by atoms with Crippen LogP contribution in [0.15, 0.2) is 20.1 Å². The summed E-state index contributed by atoms with van der Waals surface area (Å²) in [6, 6.07) is 1.68. The number of amides is 1. The maximum absolute atomic E-state index is 12.7. The molecular weight excluding hydrogens is 394 g/mol. The molecule has 2 atom stereocenters. The van der Waals surface area contributed by atoms with Crippen molar-refractivity contribution in [3.05, 3.63) is 20.8 Å². The van der Waals surface area contributed by atoms with Crippen LogP contribution in [-0.4, -0.2) is 38.6 Å². The SMILES string of the molecule is NC1=N[C@]2(O)n3c(cc(Br)c3Br)C(=O)N3CCC[C@]32N1. The van der Waals surface area contributed by atoms with Crippen molar-refractivity contribution in [3.8, 4) is 0 Å². The summed E-state index contributed by atoms with van der Waals surface area (Å²) in [4.78, 5) is 18.5. The van der Waals surface area contributed by atoms with E-state index >= 15 is 0 Å². The van der Waals surface area contributed by atoms with Crippen LogP contribution in [0.5, 0.6) is 0 Å². The van der Waals surface area contributed by atoms with Crippen LogP contribution in [0.4, 0.5) is 0 Å². The number of fused-ring (bicyclic) bond motifs is 2. The molecule has 1 aromatic heterocycles. The van der Waals surface area contributed by atoms with E-state index in [2.05, 4.69) is 42.2 Å². The van der Waals surface area contributed by atoms with Crippen LogP contribution in [0.3, 0.4) is 0 Å². The second-order valence-electron chi connectivity index (χ2n) is 5.18. The number of carbonyl (C=O) groups is 1. The van der Waals surface area contributed by atoms with Crippen molar-refractivity contribution < 1.29 is 9.90 Å². The molecule has 20 heavy (non-hydrogen) atoms. The summed E-state index contributed by atoms with van der Waals surface area (Å²) in [5.41, 5.74) is 5.17. The third-order valence-corrected chi connectivity index (χ3v) is 6.14. The zero-order valence-corrected chi connectivity index (χ0v) is 13.4. The van der Waals surface area contributed by atoms with Crippen molar-refractivity contribution in [1.82, 2.24) is 14.8 Å². The van der Waals surface area contributed by atoms with Crippen molar-refractivity contribution in [3.63, 3.8) is 0 Å². The van der Waals surface area contributed by atoms with E-state index < -0.39 is 11.5 Å². The average molecular weight is 405 g/mol. The van der Waals surface area contributed by atoms with E-state index in [0.717, 1.165) is 6.42 Å². The molecule has 0 saturated carbocycles. The van der Waals surface area contributed by atoms with E-state index in [0.29, 0.717) is 27.7 Å². The summed E-state index contributed by atoms with van der Waals surface area (Å²) in [6.45, 7) is 0.567. The van der Waals surface area contributed by atoms with E-state index in [4.69, 9.17) is 5.73 Å². The third kappa shape index (κ3) is 1.16. The van der Waals surface area contributed by atoms with E-state index in [1.807, 2.05) is 0 Å². The summed E-state index contributed by atoms with van der Waals surface area (Å²) in [6.07, 6.45) is 1.37. The smallest absolute Gasteiger partial charge is 0.288 e. The largest absolute Gasteiger partial charge is 0.370 e. The van der Waals surface area contributed by atoms with E-state index in [1.54, 1.807) is 11.0 Å². The molecule has 0 radical (unpaired) electrons. The van der Waals surface area contributed by atoms with Gasteiger partial charge in [0.2, 0.25) is 0 Å². The highest BCUT2D eigenvalue weighted by Gasteiger charge is 2.67. The van der Waals surface area contributed by atoms with Crippen LogP contribution < -0.4 is 11.1 Å². The Morgan fingerprint density at radius 1 is 1.50 bits per heavy atom. The van der Waals surface area contributed by atoms with Crippen LogP contribution in [0.25, 0.3) is 0 Å². The first-order valence-corrected chi connectivity index (χ1v) is 7.74. The number of nitrogens with zero attached hydrogens (tertiary/aromatic N) is 3. The summed E-state index contributed by atoms with van der Waals surface area (Å²) in [5, 5.41) is 14.2. The highest BCUT2D eigenvalue weighted by Crippen LogP contribution is 2.50. The van der Waals surface area contributed by atoms with Gasteiger partial charge in [0, 0.05) is 6.54 Å². The number of aromatic nitrogens is 1. The molecule has 4 heterocycles. The molecule has 1 spiro atoms. The number of nitrogens with two attached hydrogens (primary N) is 1. The summed E-state index contributed by atoms with van der Waals surface area (Å²) >= 11 is 6.76. The Balaban J connectivity index is 2.08.